The van der Waals surface area contributed by atoms with Crippen molar-refractivity contribution < 1.29 is 4.74 Å². The third-order valence-corrected chi connectivity index (χ3v) is 3.17. The van der Waals surface area contributed by atoms with E-state index in [-0.39, 0.29) is 0 Å². The largest absolute Gasteiger partial charge is 0.492 e. The zero-order valence-corrected chi connectivity index (χ0v) is 11.6. The first-order chi connectivity index (χ1) is 9.28. The fourth-order valence-electron chi connectivity index (χ4n) is 2.08. The van der Waals surface area contributed by atoms with Gasteiger partial charge in [-0.2, -0.15) is 0 Å². The number of likely N-dealkylation sites (N-methyl/N-ethyl adjacent to an activating group) is 1. The molecule has 2 aromatic carbocycles. The van der Waals surface area contributed by atoms with Gasteiger partial charge in [-0.05, 0) is 38.1 Å². The lowest BCUT2D eigenvalue weighted by atomic mass is 10.0. The van der Waals surface area contributed by atoms with Crippen molar-refractivity contribution in [2.24, 2.45) is 0 Å². The molecule has 1 atom stereocenters. The lowest BCUT2D eigenvalue weighted by Crippen LogP contribution is -2.33. The van der Waals surface area contributed by atoms with E-state index in [4.69, 9.17) is 4.74 Å². The molecule has 1 N–H and O–H groups in total. The molecule has 2 heteroatoms. The number of aryl methyl sites for hydroxylation is 1. The summed E-state index contributed by atoms with van der Waals surface area (Å²) in [5, 5.41) is 3.32. The van der Waals surface area contributed by atoms with Crippen LogP contribution in [0.2, 0.25) is 0 Å². The van der Waals surface area contributed by atoms with Crippen molar-refractivity contribution in [3.05, 3.63) is 65.7 Å². The van der Waals surface area contributed by atoms with Gasteiger partial charge in [0, 0.05) is 6.04 Å². The number of ether oxygens (including phenoxy) is 1. The van der Waals surface area contributed by atoms with Crippen molar-refractivity contribution in [2.75, 3.05) is 13.7 Å². The summed E-state index contributed by atoms with van der Waals surface area (Å²) < 4.78 is 5.80. The lowest BCUT2D eigenvalue weighted by Gasteiger charge is -2.17. The first kappa shape index (κ1) is 13.6. The third-order valence-electron chi connectivity index (χ3n) is 3.17. The van der Waals surface area contributed by atoms with E-state index in [1.165, 1.54) is 11.1 Å². The molecule has 0 amide bonds. The van der Waals surface area contributed by atoms with Crippen molar-refractivity contribution in [2.45, 2.75) is 19.4 Å². The van der Waals surface area contributed by atoms with Crippen LogP contribution in [0.15, 0.2) is 54.6 Å². The molecule has 0 heterocycles. The van der Waals surface area contributed by atoms with Gasteiger partial charge in [-0.15, -0.1) is 0 Å². The van der Waals surface area contributed by atoms with Crippen LogP contribution in [0.25, 0.3) is 0 Å². The van der Waals surface area contributed by atoms with Crippen LogP contribution in [-0.2, 0) is 6.42 Å². The standard InChI is InChI=1S/C17H21NO/c1-14-7-6-8-15(11-14)12-16(18-2)13-19-17-9-4-3-5-10-17/h3-11,16,18H,12-13H2,1-2H3. The summed E-state index contributed by atoms with van der Waals surface area (Å²) in [5.74, 6) is 0.923. The fraction of sp³-hybridized carbons (Fsp3) is 0.294. The summed E-state index contributed by atoms with van der Waals surface area (Å²) in [6.07, 6.45) is 0.977. The van der Waals surface area contributed by atoms with E-state index in [1.807, 2.05) is 37.4 Å². The minimum Gasteiger partial charge on any atom is -0.492 e. The Morgan fingerprint density at radius 1 is 1.05 bits per heavy atom. The normalized spacial score (nSPS) is 12.1. The maximum absolute atomic E-state index is 5.80. The van der Waals surface area contributed by atoms with Gasteiger partial charge in [-0.1, -0.05) is 48.0 Å². The van der Waals surface area contributed by atoms with Crippen molar-refractivity contribution >= 4 is 0 Å². The van der Waals surface area contributed by atoms with Crippen molar-refractivity contribution in [1.29, 1.82) is 0 Å². The second-order valence-electron chi connectivity index (χ2n) is 4.80. The quantitative estimate of drug-likeness (QED) is 0.856. The molecule has 1 unspecified atom stereocenters. The third kappa shape index (κ3) is 4.42. The smallest absolute Gasteiger partial charge is 0.119 e. The van der Waals surface area contributed by atoms with Gasteiger partial charge in [0.15, 0.2) is 0 Å². The Labute approximate surface area is 115 Å². The second kappa shape index (κ2) is 6.95. The summed E-state index contributed by atoms with van der Waals surface area (Å²) in [7, 11) is 1.98. The zero-order chi connectivity index (χ0) is 13.5. The van der Waals surface area contributed by atoms with E-state index >= 15 is 0 Å². The highest BCUT2D eigenvalue weighted by Crippen LogP contribution is 2.11. The predicted octanol–water partition coefficient (Wildman–Crippen LogP) is 3.20. The number of rotatable bonds is 6. The molecule has 100 valence electrons. The summed E-state index contributed by atoms with van der Waals surface area (Å²) in [6, 6.07) is 18.9. The van der Waals surface area contributed by atoms with E-state index in [2.05, 4.69) is 36.5 Å². The van der Waals surface area contributed by atoms with Crippen LogP contribution < -0.4 is 10.1 Å². The maximum Gasteiger partial charge on any atom is 0.119 e. The van der Waals surface area contributed by atoms with Crippen LogP contribution in [0.5, 0.6) is 5.75 Å². The predicted molar refractivity (Wildman–Crippen MR) is 79.7 cm³/mol. The lowest BCUT2D eigenvalue weighted by molar-refractivity contribution is 0.270. The number of hydrogen-bond donors (Lipinski definition) is 1. The fourth-order valence-corrected chi connectivity index (χ4v) is 2.08. The van der Waals surface area contributed by atoms with Gasteiger partial charge in [0.1, 0.15) is 12.4 Å². The molecule has 2 rings (SSSR count). The summed E-state index contributed by atoms with van der Waals surface area (Å²) >= 11 is 0. The van der Waals surface area contributed by atoms with Crippen LogP contribution in [0.4, 0.5) is 0 Å². The van der Waals surface area contributed by atoms with Crippen molar-refractivity contribution in [1.82, 2.24) is 5.32 Å². The van der Waals surface area contributed by atoms with Gasteiger partial charge in [-0.25, -0.2) is 0 Å². The average Bonchev–Trinajstić information content (AvgIpc) is 2.44. The molecule has 0 radical (unpaired) electrons. The van der Waals surface area contributed by atoms with E-state index in [0.29, 0.717) is 12.6 Å². The highest BCUT2D eigenvalue weighted by atomic mass is 16.5. The van der Waals surface area contributed by atoms with E-state index in [0.717, 1.165) is 12.2 Å². The highest BCUT2D eigenvalue weighted by Gasteiger charge is 2.08. The molecule has 0 aromatic heterocycles. The average molecular weight is 255 g/mol. The maximum atomic E-state index is 5.80. The topological polar surface area (TPSA) is 21.3 Å². The molecular weight excluding hydrogens is 234 g/mol. The number of nitrogens with one attached hydrogen (secondary N) is 1. The molecule has 19 heavy (non-hydrogen) atoms. The van der Waals surface area contributed by atoms with Gasteiger partial charge in [0.25, 0.3) is 0 Å². The molecule has 0 aliphatic rings. The van der Waals surface area contributed by atoms with E-state index < -0.39 is 0 Å². The van der Waals surface area contributed by atoms with Crippen LogP contribution in [-0.4, -0.2) is 19.7 Å². The molecule has 0 saturated heterocycles. The van der Waals surface area contributed by atoms with Crippen LogP contribution in [0.3, 0.4) is 0 Å². The summed E-state index contributed by atoms with van der Waals surface area (Å²) in [4.78, 5) is 0. The molecule has 0 aliphatic carbocycles. The summed E-state index contributed by atoms with van der Waals surface area (Å²) in [5.41, 5.74) is 2.65. The van der Waals surface area contributed by atoms with Gasteiger partial charge in [-0.3, -0.25) is 0 Å². The number of benzene rings is 2. The minimum absolute atomic E-state index is 0.321. The SMILES string of the molecule is CNC(COc1ccccc1)Cc1cccc(C)c1. The van der Waals surface area contributed by atoms with Gasteiger partial charge >= 0.3 is 0 Å². The van der Waals surface area contributed by atoms with E-state index in [9.17, 15) is 0 Å². The van der Waals surface area contributed by atoms with Gasteiger partial charge in [0.05, 0.1) is 0 Å². The Bertz CT molecular complexity index is 496. The molecule has 0 bridgehead atoms. The molecule has 0 saturated carbocycles. The Morgan fingerprint density at radius 3 is 2.53 bits per heavy atom. The van der Waals surface area contributed by atoms with Crippen molar-refractivity contribution in [3.8, 4) is 5.75 Å². The van der Waals surface area contributed by atoms with Gasteiger partial charge in [0.2, 0.25) is 0 Å². The summed E-state index contributed by atoms with van der Waals surface area (Å²) in [6.45, 7) is 2.80. The molecule has 0 spiro atoms. The first-order valence-electron chi connectivity index (χ1n) is 6.68. The number of hydrogen-bond acceptors (Lipinski definition) is 2. The van der Waals surface area contributed by atoms with Crippen LogP contribution in [0.1, 0.15) is 11.1 Å². The monoisotopic (exact) mass is 255 g/mol. The van der Waals surface area contributed by atoms with E-state index in [1.54, 1.807) is 0 Å². The first-order valence-corrected chi connectivity index (χ1v) is 6.68. The molecule has 0 fully saturated rings. The van der Waals surface area contributed by atoms with Crippen LogP contribution in [0, 0.1) is 6.92 Å². The molecular formula is C17H21NO. The van der Waals surface area contributed by atoms with Crippen LogP contribution >= 0.6 is 0 Å². The Kier molecular flexibility index (Phi) is 4.99. The molecule has 2 nitrogen and oxygen atoms in total. The molecule has 0 aliphatic heterocycles. The Morgan fingerprint density at radius 2 is 1.84 bits per heavy atom. The minimum atomic E-state index is 0.321. The van der Waals surface area contributed by atoms with Gasteiger partial charge < -0.3 is 10.1 Å². The molecule has 2 aromatic rings. The highest BCUT2D eigenvalue weighted by molar-refractivity contribution is 5.23. The van der Waals surface area contributed by atoms with Crippen molar-refractivity contribution in [3.63, 3.8) is 0 Å². The second-order valence-corrected chi connectivity index (χ2v) is 4.80. The Balaban J connectivity index is 1.90. The number of para-hydroxylation sites is 1. The Hall–Kier alpha value is -1.80. The zero-order valence-electron chi connectivity index (χ0n) is 11.6.